The normalized spacial score (nSPS) is 11.1. The third kappa shape index (κ3) is 3.70. The highest BCUT2D eigenvalue weighted by atomic mass is 16.5. The molecule has 0 aromatic carbocycles. The summed E-state index contributed by atoms with van der Waals surface area (Å²) in [4.78, 5) is 19.7. The van der Waals surface area contributed by atoms with E-state index in [0.717, 1.165) is 29.0 Å². The molecule has 0 aliphatic rings. The van der Waals surface area contributed by atoms with Crippen LogP contribution in [-0.4, -0.2) is 33.7 Å². The molecule has 126 valence electrons. The Labute approximate surface area is 135 Å². The molecule has 0 saturated heterocycles. The van der Waals surface area contributed by atoms with Crippen LogP contribution in [0.15, 0.2) is 0 Å². The average molecular weight is 320 g/mol. The first kappa shape index (κ1) is 17.0. The molecular weight excluding hydrogens is 296 g/mol. The largest absolute Gasteiger partial charge is 0.382 e. The van der Waals surface area contributed by atoms with Crippen LogP contribution in [0.4, 0.5) is 10.6 Å². The molecular formula is C15H24N6O2. The highest BCUT2D eigenvalue weighted by molar-refractivity contribution is 5.88. The van der Waals surface area contributed by atoms with E-state index in [2.05, 4.69) is 19.9 Å². The number of nitrogens with zero attached hydrogens (tertiary/aromatic N) is 3. The first-order chi connectivity index (χ1) is 11.0. The molecule has 0 bridgehead atoms. The number of nitrogens with one attached hydrogen (secondary N) is 1. The van der Waals surface area contributed by atoms with Crippen molar-refractivity contribution in [2.75, 3.05) is 18.9 Å². The minimum Gasteiger partial charge on any atom is -0.382 e. The lowest BCUT2D eigenvalue weighted by Crippen LogP contribution is -2.30. The van der Waals surface area contributed by atoms with Gasteiger partial charge < -0.3 is 26.1 Å². The van der Waals surface area contributed by atoms with E-state index in [4.69, 9.17) is 16.2 Å². The van der Waals surface area contributed by atoms with Crippen molar-refractivity contribution in [2.45, 2.75) is 40.3 Å². The molecule has 2 rings (SSSR count). The lowest BCUT2D eigenvalue weighted by atomic mass is 10.2. The van der Waals surface area contributed by atoms with Gasteiger partial charge in [0.25, 0.3) is 0 Å². The second-order valence-corrected chi connectivity index (χ2v) is 5.37. The molecule has 2 aromatic rings. The molecule has 0 unspecified atom stereocenters. The Bertz CT molecular complexity index is 710. The fourth-order valence-electron chi connectivity index (χ4n) is 2.54. The van der Waals surface area contributed by atoms with E-state index in [1.807, 2.05) is 20.8 Å². The predicted molar refractivity (Wildman–Crippen MR) is 88.9 cm³/mol. The maximum Gasteiger partial charge on any atom is 0.312 e. The Balaban J connectivity index is 2.38. The fraction of sp³-hybridized carbons (Fsp3) is 0.533. The van der Waals surface area contributed by atoms with E-state index in [9.17, 15) is 4.79 Å². The molecule has 0 spiro atoms. The van der Waals surface area contributed by atoms with Gasteiger partial charge in [0.05, 0.1) is 5.52 Å². The Morgan fingerprint density at radius 2 is 2.09 bits per heavy atom. The predicted octanol–water partition coefficient (Wildman–Crippen LogP) is 1.23. The zero-order chi connectivity index (χ0) is 17.0. The number of nitrogen functional groups attached to an aromatic ring is 1. The molecule has 2 heterocycles. The number of aromatic nitrogens is 3. The van der Waals surface area contributed by atoms with Crippen LogP contribution in [0.2, 0.25) is 0 Å². The number of ether oxygens (including phenoxy) is 1. The fourth-order valence-corrected chi connectivity index (χ4v) is 2.54. The van der Waals surface area contributed by atoms with Crippen molar-refractivity contribution in [3.8, 4) is 0 Å². The molecule has 0 aliphatic carbocycles. The molecule has 2 amide bonds. The van der Waals surface area contributed by atoms with Gasteiger partial charge in [-0.1, -0.05) is 0 Å². The van der Waals surface area contributed by atoms with Crippen molar-refractivity contribution in [1.29, 1.82) is 0 Å². The summed E-state index contributed by atoms with van der Waals surface area (Å²) in [5.74, 6) is 1.23. The second-order valence-electron chi connectivity index (χ2n) is 5.37. The minimum absolute atomic E-state index is 0.409. The molecule has 8 heteroatoms. The third-order valence-electron chi connectivity index (χ3n) is 3.77. The monoisotopic (exact) mass is 320 g/mol. The van der Waals surface area contributed by atoms with Crippen LogP contribution in [0.3, 0.4) is 0 Å². The van der Waals surface area contributed by atoms with E-state index in [1.54, 1.807) is 0 Å². The number of hydrogen-bond donors (Lipinski definition) is 3. The van der Waals surface area contributed by atoms with Gasteiger partial charge in [0.15, 0.2) is 5.82 Å². The highest BCUT2D eigenvalue weighted by Gasteiger charge is 2.17. The van der Waals surface area contributed by atoms with Gasteiger partial charge >= 0.3 is 6.03 Å². The number of primary amides is 1. The number of imidazole rings is 1. The standard InChI is InChI=1S/C15H24N6O2/c1-4-23-8-11-20-12-13(9(2)10(3)19-14(12)16)21(11)7-5-6-18-15(17)22/h4-8H2,1-3H3,(H2,16,19)(H3,17,18,22). The van der Waals surface area contributed by atoms with Crippen LogP contribution in [0.25, 0.3) is 11.0 Å². The molecule has 0 aliphatic heterocycles. The maximum atomic E-state index is 10.8. The smallest absolute Gasteiger partial charge is 0.312 e. The van der Waals surface area contributed by atoms with Gasteiger partial charge in [-0.15, -0.1) is 0 Å². The van der Waals surface area contributed by atoms with E-state index in [-0.39, 0.29) is 0 Å². The molecule has 0 fully saturated rings. The molecule has 5 N–H and O–H groups in total. The maximum absolute atomic E-state index is 10.8. The number of pyridine rings is 1. The molecule has 23 heavy (non-hydrogen) atoms. The summed E-state index contributed by atoms with van der Waals surface area (Å²) in [6, 6.07) is -0.518. The van der Waals surface area contributed by atoms with Gasteiger partial charge in [0.2, 0.25) is 0 Å². The molecule has 8 nitrogen and oxygen atoms in total. The van der Waals surface area contributed by atoms with Crippen LogP contribution in [-0.2, 0) is 17.9 Å². The van der Waals surface area contributed by atoms with Crippen molar-refractivity contribution >= 4 is 22.9 Å². The number of aryl methyl sites for hydroxylation is 3. The quantitative estimate of drug-likeness (QED) is 0.662. The number of nitrogens with two attached hydrogens (primary N) is 2. The molecule has 0 saturated carbocycles. The van der Waals surface area contributed by atoms with Crippen LogP contribution < -0.4 is 16.8 Å². The zero-order valence-corrected chi connectivity index (χ0v) is 13.8. The number of carbonyl (C=O) groups excluding carboxylic acids is 1. The lowest BCUT2D eigenvalue weighted by Gasteiger charge is -2.12. The summed E-state index contributed by atoms with van der Waals surface area (Å²) in [5, 5.41) is 2.59. The van der Waals surface area contributed by atoms with Crippen molar-refractivity contribution in [3.05, 3.63) is 17.1 Å². The van der Waals surface area contributed by atoms with Gasteiger partial charge in [-0.3, -0.25) is 0 Å². The van der Waals surface area contributed by atoms with Crippen molar-refractivity contribution in [2.24, 2.45) is 5.73 Å². The third-order valence-corrected chi connectivity index (χ3v) is 3.77. The SMILES string of the molecule is CCOCc1nc2c(N)nc(C)c(C)c2n1CCCNC(N)=O. The highest BCUT2D eigenvalue weighted by Crippen LogP contribution is 2.26. The van der Waals surface area contributed by atoms with Gasteiger partial charge in [0, 0.05) is 25.4 Å². The van der Waals surface area contributed by atoms with Gasteiger partial charge in [0.1, 0.15) is 17.9 Å². The lowest BCUT2D eigenvalue weighted by molar-refractivity contribution is 0.126. The number of anilines is 1. The first-order valence-electron chi connectivity index (χ1n) is 7.68. The van der Waals surface area contributed by atoms with Crippen molar-refractivity contribution < 1.29 is 9.53 Å². The van der Waals surface area contributed by atoms with Gasteiger partial charge in [-0.05, 0) is 32.8 Å². The van der Waals surface area contributed by atoms with E-state index in [1.165, 1.54) is 0 Å². The summed E-state index contributed by atoms with van der Waals surface area (Å²) in [6.45, 7) is 8.08. The molecule has 0 atom stereocenters. The topological polar surface area (TPSA) is 121 Å². The van der Waals surface area contributed by atoms with Crippen molar-refractivity contribution in [3.63, 3.8) is 0 Å². The number of carbonyl (C=O) groups is 1. The number of rotatable bonds is 7. The summed E-state index contributed by atoms with van der Waals surface area (Å²) in [7, 11) is 0. The Morgan fingerprint density at radius 1 is 1.35 bits per heavy atom. The van der Waals surface area contributed by atoms with Crippen LogP contribution in [0.1, 0.15) is 30.4 Å². The molecule has 2 aromatic heterocycles. The van der Waals surface area contributed by atoms with Crippen LogP contribution >= 0.6 is 0 Å². The Hall–Kier alpha value is -2.35. The van der Waals surface area contributed by atoms with E-state index < -0.39 is 6.03 Å². The van der Waals surface area contributed by atoms with Gasteiger partial charge in [-0.2, -0.15) is 0 Å². The minimum atomic E-state index is -0.518. The Kier molecular flexibility index (Phi) is 5.38. The number of urea groups is 1. The van der Waals surface area contributed by atoms with Crippen molar-refractivity contribution in [1.82, 2.24) is 19.9 Å². The first-order valence-corrected chi connectivity index (χ1v) is 7.68. The van der Waals surface area contributed by atoms with Crippen LogP contribution in [0.5, 0.6) is 0 Å². The summed E-state index contributed by atoms with van der Waals surface area (Å²) in [6.07, 6.45) is 0.730. The summed E-state index contributed by atoms with van der Waals surface area (Å²) < 4.78 is 7.60. The summed E-state index contributed by atoms with van der Waals surface area (Å²) >= 11 is 0. The number of amides is 2. The second kappa shape index (κ2) is 7.28. The van der Waals surface area contributed by atoms with Gasteiger partial charge in [-0.25, -0.2) is 14.8 Å². The van der Waals surface area contributed by atoms with Crippen LogP contribution in [0, 0.1) is 13.8 Å². The van der Waals surface area contributed by atoms with E-state index in [0.29, 0.717) is 37.6 Å². The number of fused-ring (bicyclic) bond motifs is 1. The zero-order valence-electron chi connectivity index (χ0n) is 13.8. The number of hydrogen-bond acceptors (Lipinski definition) is 5. The Morgan fingerprint density at radius 3 is 2.74 bits per heavy atom. The van der Waals surface area contributed by atoms with E-state index >= 15 is 0 Å². The average Bonchev–Trinajstić information content (AvgIpc) is 2.86. The summed E-state index contributed by atoms with van der Waals surface area (Å²) in [5.41, 5.74) is 14.7. The molecule has 0 radical (unpaired) electrons.